The Morgan fingerprint density at radius 1 is 1.26 bits per heavy atom. The zero-order valence-electron chi connectivity index (χ0n) is 25.1. The fourth-order valence-corrected chi connectivity index (χ4v) is 6.06. The summed E-state index contributed by atoms with van der Waals surface area (Å²) in [4.78, 5) is 24.6. The summed E-state index contributed by atoms with van der Waals surface area (Å²) in [5.74, 6) is 0.450. The second kappa shape index (κ2) is 13.8. The maximum Gasteiger partial charge on any atom is 0.354 e. The second-order valence-electron chi connectivity index (χ2n) is 11.7. The molecule has 4 aromatic rings. The number of H-pyrrole nitrogens is 1. The predicted molar refractivity (Wildman–Crippen MR) is 174 cm³/mol. The smallest absolute Gasteiger partial charge is 0.354 e. The van der Waals surface area contributed by atoms with E-state index >= 15 is 4.39 Å². The number of nitrogens with zero attached hydrogens (tertiary/aromatic N) is 3. The molecule has 1 aliphatic heterocycles. The largest absolute Gasteiger partial charge is 0.374 e. The molecule has 2 aromatic heterocycles. The Hall–Kier alpha value is -3.53. The van der Waals surface area contributed by atoms with Crippen LogP contribution in [-0.4, -0.2) is 46.0 Å². The van der Waals surface area contributed by atoms with Crippen molar-refractivity contribution in [1.82, 2.24) is 25.2 Å². The zero-order chi connectivity index (χ0) is 30.5. The monoisotopic (exact) mass is 605 g/mol. The average Bonchev–Trinajstić information content (AvgIpc) is 3.41. The molecule has 228 valence electrons. The van der Waals surface area contributed by atoms with E-state index < -0.39 is 11.5 Å². The lowest BCUT2D eigenvalue weighted by Gasteiger charge is -2.31. The highest BCUT2D eigenvalue weighted by Crippen LogP contribution is 2.32. The summed E-state index contributed by atoms with van der Waals surface area (Å²) in [5.41, 5.74) is 9.61. The van der Waals surface area contributed by atoms with Gasteiger partial charge in [-0.15, -0.1) is 0 Å². The zero-order valence-corrected chi connectivity index (χ0v) is 25.8. The van der Waals surface area contributed by atoms with Crippen LogP contribution in [-0.2, 0) is 6.42 Å². The van der Waals surface area contributed by atoms with Crippen LogP contribution in [0.4, 0.5) is 4.39 Å². The van der Waals surface area contributed by atoms with Crippen molar-refractivity contribution < 1.29 is 4.39 Å². The summed E-state index contributed by atoms with van der Waals surface area (Å²) in [6, 6.07) is 14.2. The molecular formula is C33H41ClFN7O. The van der Waals surface area contributed by atoms with Gasteiger partial charge in [0.2, 0.25) is 0 Å². The number of nitrogens with one attached hydrogen (secondary N) is 3. The molecule has 10 heteroatoms. The number of rotatable bonds is 10. The Morgan fingerprint density at radius 3 is 2.79 bits per heavy atom. The van der Waals surface area contributed by atoms with E-state index in [1.54, 1.807) is 25.4 Å². The number of aliphatic imine (C=N–C) groups is 1. The second-order valence-corrected chi connectivity index (χ2v) is 12.1. The van der Waals surface area contributed by atoms with E-state index in [0.717, 1.165) is 62.2 Å². The van der Waals surface area contributed by atoms with Crippen LogP contribution in [0.2, 0.25) is 5.02 Å². The third-order valence-electron chi connectivity index (χ3n) is 8.28. The van der Waals surface area contributed by atoms with Crippen LogP contribution in [0.5, 0.6) is 0 Å². The van der Waals surface area contributed by atoms with E-state index in [4.69, 9.17) is 17.3 Å². The summed E-state index contributed by atoms with van der Waals surface area (Å²) in [6.07, 6.45) is 8.69. The lowest BCUT2D eigenvalue weighted by atomic mass is 9.92. The van der Waals surface area contributed by atoms with Crippen LogP contribution in [0.1, 0.15) is 69.5 Å². The van der Waals surface area contributed by atoms with Gasteiger partial charge in [-0.05, 0) is 93.8 Å². The molecule has 5 rings (SSSR count). The summed E-state index contributed by atoms with van der Waals surface area (Å²) in [7, 11) is 1.79. The molecule has 1 aliphatic rings. The first-order valence-electron chi connectivity index (χ1n) is 15.1. The molecule has 3 heterocycles. The van der Waals surface area contributed by atoms with Crippen LogP contribution in [0.3, 0.4) is 0 Å². The average molecular weight is 606 g/mol. The van der Waals surface area contributed by atoms with Crippen molar-refractivity contribution in [2.45, 2.75) is 76.9 Å². The standard InChI is InChI=1S/C33H41ClFN7O/c1-20(36)6-4-7-22-16-27(31(35)28(34)17-22)30-18-24-19-42(33(43)41-32(24)40-30)26-12-10-23(11-13-26)29-9-5-8-25(39-29)14-15-38-21(2)37-3/h10-13,16-20,25,29,39H,4-9,14-15,36H2,1-3H3,(H,37,38)(H,40,41,43)/t20-,25-,29-/m0/s1. The summed E-state index contributed by atoms with van der Waals surface area (Å²) >= 11 is 6.26. The molecule has 1 fully saturated rings. The molecule has 0 radical (unpaired) electrons. The maximum atomic E-state index is 15.1. The lowest BCUT2D eigenvalue weighted by Crippen LogP contribution is -2.39. The number of aromatic nitrogens is 3. The normalized spacial score (nSPS) is 18.2. The van der Waals surface area contributed by atoms with Gasteiger partial charge < -0.3 is 21.4 Å². The molecule has 8 nitrogen and oxygen atoms in total. The number of hydrogen-bond acceptors (Lipinski definition) is 5. The first kappa shape index (κ1) is 30.9. The summed E-state index contributed by atoms with van der Waals surface area (Å²) in [5, 5.41) is 7.91. The van der Waals surface area contributed by atoms with Crippen molar-refractivity contribution >= 4 is 28.5 Å². The van der Waals surface area contributed by atoms with Crippen molar-refractivity contribution in [3.63, 3.8) is 0 Å². The molecule has 43 heavy (non-hydrogen) atoms. The Labute approximate surface area is 257 Å². The van der Waals surface area contributed by atoms with Crippen molar-refractivity contribution in [3.8, 4) is 16.9 Å². The quantitative estimate of drug-likeness (QED) is 0.130. The molecule has 3 atom stereocenters. The molecule has 0 saturated carbocycles. The minimum atomic E-state index is -0.505. The van der Waals surface area contributed by atoms with E-state index in [2.05, 4.69) is 37.7 Å². The first-order chi connectivity index (χ1) is 20.7. The molecule has 1 saturated heterocycles. The van der Waals surface area contributed by atoms with E-state index in [1.165, 1.54) is 16.6 Å². The number of benzene rings is 2. The molecule has 0 aliphatic carbocycles. The Kier molecular flexibility index (Phi) is 9.95. The molecule has 0 unspecified atom stereocenters. The number of nitrogens with two attached hydrogens (primary N) is 1. The van der Waals surface area contributed by atoms with Gasteiger partial charge in [-0.1, -0.05) is 30.2 Å². The summed E-state index contributed by atoms with van der Waals surface area (Å²) in [6.45, 7) is 4.85. The van der Waals surface area contributed by atoms with Crippen LogP contribution in [0.15, 0.2) is 58.4 Å². The third-order valence-corrected chi connectivity index (χ3v) is 8.55. The molecule has 0 spiro atoms. The van der Waals surface area contributed by atoms with Crippen LogP contribution in [0, 0.1) is 5.82 Å². The van der Waals surface area contributed by atoms with E-state index in [1.807, 2.05) is 32.0 Å². The maximum absolute atomic E-state index is 15.1. The molecule has 0 amide bonds. The predicted octanol–water partition coefficient (Wildman–Crippen LogP) is 6.05. The Balaban J connectivity index is 1.33. The van der Waals surface area contributed by atoms with Gasteiger partial charge in [-0.2, -0.15) is 4.98 Å². The van der Waals surface area contributed by atoms with Gasteiger partial charge in [0.15, 0.2) is 5.82 Å². The minimum Gasteiger partial charge on any atom is -0.374 e. The molecule has 0 bridgehead atoms. The van der Waals surface area contributed by atoms with Crippen molar-refractivity contribution in [2.75, 3.05) is 13.6 Å². The van der Waals surface area contributed by atoms with Crippen molar-refractivity contribution in [2.24, 2.45) is 10.7 Å². The summed E-state index contributed by atoms with van der Waals surface area (Å²) < 4.78 is 16.6. The SMILES string of the molecule is CN=C(C)NCC[C@@H]1CCC[C@@H](c2ccc(-n3cc4cc(-c5cc(CCC[C@H](C)N)cc(Cl)c5F)[nH]c4nc3=O)cc2)N1. The van der Waals surface area contributed by atoms with E-state index in [9.17, 15) is 4.79 Å². The van der Waals surface area contributed by atoms with Gasteiger partial charge >= 0.3 is 5.69 Å². The van der Waals surface area contributed by atoms with Gasteiger partial charge in [0.05, 0.1) is 22.2 Å². The van der Waals surface area contributed by atoms with Crippen LogP contribution >= 0.6 is 11.6 Å². The number of aryl methyl sites for hydroxylation is 1. The number of hydrogen-bond donors (Lipinski definition) is 4. The van der Waals surface area contributed by atoms with Crippen molar-refractivity contribution in [1.29, 1.82) is 0 Å². The number of halogens is 2. The van der Waals surface area contributed by atoms with Crippen LogP contribution < -0.4 is 22.1 Å². The van der Waals surface area contributed by atoms with E-state index in [0.29, 0.717) is 28.3 Å². The Morgan fingerprint density at radius 2 is 2.05 bits per heavy atom. The molecule has 5 N–H and O–H groups in total. The van der Waals surface area contributed by atoms with Gasteiger partial charge in [0.1, 0.15) is 5.65 Å². The van der Waals surface area contributed by atoms with Crippen LogP contribution in [0.25, 0.3) is 28.0 Å². The highest BCUT2D eigenvalue weighted by Gasteiger charge is 2.22. The van der Waals surface area contributed by atoms with Crippen molar-refractivity contribution in [3.05, 3.63) is 81.1 Å². The fourth-order valence-electron chi connectivity index (χ4n) is 5.82. The van der Waals surface area contributed by atoms with E-state index in [-0.39, 0.29) is 17.1 Å². The minimum absolute atomic E-state index is 0.0658. The van der Waals surface area contributed by atoms with Gasteiger partial charge in [0.25, 0.3) is 0 Å². The van der Waals surface area contributed by atoms with Gasteiger partial charge in [-0.3, -0.25) is 9.56 Å². The molecular weight excluding hydrogens is 565 g/mol. The molecule has 2 aromatic carbocycles. The number of fused-ring (bicyclic) bond motifs is 1. The number of amidine groups is 1. The third kappa shape index (κ3) is 7.52. The number of aromatic amines is 1. The highest BCUT2D eigenvalue weighted by atomic mass is 35.5. The first-order valence-corrected chi connectivity index (χ1v) is 15.5. The number of piperidine rings is 1. The Bertz CT molecular complexity index is 1640. The lowest BCUT2D eigenvalue weighted by molar-refractivity contribution is 0.312. The van der Waals surface area contributed by atoms with Gasteiger partial charge in [-0.25, -0.2) is 9.18 Å². The topological polar surface area (TPSA) is 113 Å². The highest BCUT2D eigenvalue weighted by molar-refractivity contribution is 6.31. The fraction of sp³-hybridized carbons (Fsp3) is 0.424. The van der Waals surface area contributed by atoms with Gasteiger partial charge in [0, 0.05) is 48.9 Å².